The Bertz CT molecular complexity index is 1100. The van der Waals surface area contributed by atoms with Crippen molar-refractivity contribution in [2.45, 2.75) is 11.4 Å². The molecule has 0 bridgehead atoms. The summed E-state index contributed by atoms with van der Waals surface area (Å²) in [6.07, 6.45) is 0. The molecule has 0 fully saturated rings. The second-order valence-electron chi connectivity index (χ2n) is 5.64. The molecule has 9 heteroatoms. The molecule has 0 unspecified atom stereocenters. The number of aromatic nitrogens is 2. The normalized spacial score (nSPS) is 11.5. The number of benzene rings is 2. The Labute approximate surface area is 154 Å². The second kappa shape index (κ2) is 7.77. The zero-order valence-electron chi connectivity index (χ0n) is 14.0. The quantitative estimate of drug-likeness (QED) is 0.698. The number of sulfonamides is 1. The van der Waals surface area contributed by atoms with Crippen LogP contribution in [0.4, 0.5) is 8.78 Å². The van der Waals surface area contributed by atoms with Crippen molar-refractivity contribution in [2.24, 2.45) is 0 Å². The molecule has 0 aliphatic heterocycles. The monoisotopic (exact) mass is 391 g/mol. The van der Waals surface area contributed by atoms with Gasteiger partial charge in [-0.15, -0.1) is 0 Å². The predicted molar refractivity (Wildman–Crippen MR) is 95.5 cm³/mol. The van der Waals surface area contributed by atoms with Gasteiger partial charge in [-0.3, -0.25) is 4.79 Å². The van der Waals surface area contributed by atoms with E-state index in [0.29, 0.717) is 11.3 Å². The molecule has 0 aliphatic carbocycles. The van der Waals surface area contributed by atoms with Crippen LogP contribution in [0.5, 0.6) is 0 Å². The summed E-state index contributed by atoms with van der Waals surface area (Å²) in [7, 11) is -3.83. The molecule has 6 nitrogen and oxygen atoms in total. The number of nitrogens with zero attached hydrogens (tertiary/aromatic N) is 2. The second-order valence-corrected chi connectivity index (χ2v) is 7.41. The number of nitrogens with one attached hydrogen (secondary N) is 1. The van der Waals surface area contributed by atoms with Gasteiger partial charge in [0.1, 0.15) is 11.6 Å². The maximum Gasteiger partial charge on any atom is 0.266 e. The summed E-state index contributed by atoms with van der Waals surface area (Å²) in [5, 5.41) is 4.17. The van der Waals surface area contributed by atoms with E-state index in [1.165, 1.54) is 36.4 Å². The molecule has 1 heterocycles. The summed E-state index contributed by atoms with van der Waals surface area (Å²) >= 11 is 0. The number of hydrogen-bond donors (Lipinski definition) is 1. The van der Waals surface area contributed by atoms with E-state index in [1.54, 1.807) is 0 Å². The molecule has 0 aliphatic rings. The number of rotatable bonds is 6. The summed E-state index contributed by atoms with van der Waals surface area (Å²) in [5.41, 5.74) is 0.676. The van der Waals surface area contributed by atoms with Crippen molar-refractivity contribution in [1.29, 1.82) is 0 Å². The van der Waals surface area contributed by atoms with Crippen LogP contribution in [0.3, 0.4) is 0 Å². The highest BCUT2D eigenvalue weighted by Gasteiger charge is 2.13. The average molecular weight is 391 g/mol. The maximum atomic E-state index is 13.0. The van der Waals surface area contributed by atoms with E-state index in [-0.39, 0.29) is 23.8 Å². The van der Waals surface area contributed by atoms with Gasteiger partial charge in [0.2, 0.25) is 10.0 Å². The summed E-state index contributed by atoms with van der Waals surface area (Å²) in [6.45, 7) is -0.0895. The standard InChI is InChI=1S/C18H15F2N3O3S/c19-14-3-1-13(2-4-14)17-9-10-18(24)23(22-17)12-11-21-27(25,26)16-7-5-15(20)6-8-16/h1-10,21H,11-12H2. The SMILES string of the molecule is O=c1ccc(-c2ccc(F)cc2)nn1CCNS(=O)(=O)c1ccc(F)cc1. The lowest BCUT2D eigenvalue weighted by atomic mass is 10.1. The van der Waals surface area contributed by atoms with Crippen LogP contribution in [0.15, 0.2) is 70.4 Å². The van der Waals surface area contributed by atoms with Crippen LogP contribution in [-0.4, -0.2) is 24.7 Å². The summed E-state index contributed by atoms with van der Waals surface area (Å²) in [6, 6.07) is 12.8. The van der Waals surface area contributed by atoms with Crippen molar-refractivity contribution in [1.82, 2.24) is 14.5 Å². The van der Waals surface area contributed by atoms with Crippen molar-refractivity contribution in [3.05, 3.63) is 82.7 Å². The predicted octanol–water partition coefficient (Wildman–Crippen LogP) is 2.17. The van der Waals surface area contributed by atoms with E-state index in [9.17, 15) is 22.0 Å². The zero-order chi connectivity index (χ0) is 19.4. The van der Waals surface area contributed by atoms with Gasteiger partial charge in [0.25, 0.3) is 5.56 Å². The lowest BCUT2D eigenvalue weighted by molar-refractivity contribution is 0.548. The fourth-order valence-corrected chi connectivity index (χ4v) is 3.39. The molecule has 1 aromatic heterocycles. The first kappa shape index (κ1) is 18.9. The van der Waals surface area contributed by atoms with Crippen molar-refractivity contribution < 1.29 is 17.2 Å². The molecule has 0 saturated heterocycles. The minimum Gasteiger partial charge on any atom is -0.268 e. The van der Waals surface area contributed by atoms with Crippen molar-refractivity contribution in [2.75, 3.05) is 6.54 Å². The van der Waals surface area contributed by atoms with Gasteiger partial charge in [-0.25, -0.2) is 26.6 Å². The first-order valence-corrected chi connectivity index (χ1v) is 9.43. The first-order chi connectivity index (χ1) is 12.8. The number of hydrogen-bond acceptors (Lipinski definition) is 4. The van der Waals surface area contributed by atoms with E-state index in [4.69, 9.17) is 0 Å². The van der Waals surface area contributed by atoms with Gasteiger partial charge < -0.3 is 0 Å². The molecular weight excluding hydrogens is 376 g/mol. The minimum absolute atomic E-state index is 0.00566. The van der Waals surface area contributed by atoms with Gasteiger partial charge in [-0.1, -0.05) is 0 Å². The molecule has 2 aromatic carbocycles. The summed E-state index contributed by atoms with van der Waals surface area (Å²) in [4.78, 5) is 11.9. The highest BCUT2D eigenvalue weighted by Crippen LogP contribution is 2.15. The van der Waals surface area contributed by atoms with Crippen LogP contribution < -0.4 is 10.3 Å². The Morgan fingerprint density at radius 3 is 2.11 bits per heavy atom. The largest absolute Gasteiger partial charge is 0.268 e. The van der Waals surface area contributed by atoms with Crippen molar-refractivity contribution in [3.8, 4) is 11.3 Å². The van der Waals surface area contributed by atoms with Crippen LogP contribution in [0.25, 0.3) is 11.3 Å². The van der Waals surface area contributed by atoms with Crippen LogP contribution in [-0.2, 0) is 16.6 Å². The smallest absolute Gasteiger partial charge is 0.266 e. The van der Waals surface area contributed by atoms with Gasteiger partial charge in [-0.05, 0) is 54.6 Å². The Kier molecular flexibility index (Phi) is 5.43. The lowest BCUT2D eigenvalue weighted by Crippen LogP contribution is -2.32. The van der Waals surface area contributed by atoms with Crippen LogP contribution >= 0.6 is 0 Å². The Hall–Kier alpha value is -2.91. The maximum absolute atomic E-state index is 13.0. The average Bonchev–Trinajstić information content (AvgIpc) is 2.64. The van der Waals surface area contributed by atoms with Crippen LogP contribution in [0.1, 0.15) is 0 Å². The molecule has 27 heavy (non-hydrogen) atoms. The van der Waals surface area contributed by atoms with E-state index >= 15 is 0 Å². The molecule has 0 saturated carbocycles. The molecule has 3 aromatic rings. The minimum atomic E-state index is -3.83. The molecule has 3 rings (SSSR count). The van der Waals surface area contributed by atoms with Crippen LogP contribution in [0, 0.1) is 11.6 Å². The molecule has 140 valence electrons. The molecule has 1 N–H and O–H groups in total. The molecule has 0 atom stereocenters. The van der Waals surface area contributed by atoms with E-state index in [1.807, 2.05) is 0 Å². The first-order valence-electron chi connectivity index (χ1n) is 7.94. The highest BCUT2D eigenvalue weighted by molar-refractivity contribution is 7.89. The third-order valence-corrected chi connectivity index (χ3v) is 5.22. The number of halogens is 2. The van der Waals surface area contributed by atoms with Crippen molar-refractivity contribution >= 4 is 10.0 Å². The molecular formula is C18H15F2N3O3S. The van der Waals surface area contributed by atoms with Crippen molar-refractivity contribution in [3.63, 3.8) is 0 Å². The summed E-state index contributed by atoms with van der Waals surface area (Å²) < 4.78 is 53.7. The Balaban J connectivity index is 1.72. The Morgan fingerprint density at radius 2 is 1.48 bits per heavy atom. The molecule has 0 radical (unpaired) electrons. The van der Waals surface area contributed by atoms with E-state index in [0.717, 1.165) is 28.9 Å². The fraction of sp³-hybridized carbons (Fsp3) is 0.111. The third-order valence-electron chi connectivity index (χ3n) is 3.75. The van der Waals surface area contributed by atoms with Crippen LogP contribution in [0.2, 0.25) is 0 Å². The fourth-order valence-electron chi connectivity index (χ4n) is 2.37. The topological polar surface area (TPSA) is 81.1 Å². The zero-order valence-corrected chi connectivity index (χ0v) is 14.8. The van der Waals surface area contributed by atoms with Gasteiger partial charge in [0.05, 0.1) is 17.1 Å². The van der Waals surface area contributed by atoms with Gasteiger partial charge in [0.15, 0.2) is 0 Å². The van der Waals surface area contributed by atoms with Gasteiger partial charge in [-0.2, -0.15) is 5.10 Å². The van der Waals surface area contributed by atoms with Gasteiger partial charge >= 0.3 is 0 Å². The highest BCUT2D eigenvalue weighted by atomic mass is 32.2. The third kappa shape index (κ3) is 4.63. The van der Waals surface area contributed by atoms with E-state index in [2.05, 4.69) is 9.82 Å². The summed E-state index contributed by atoms with van der Waals surface area (Å²) in [5.74, 6) is -0.926. The molecule has 0 spiro atoms. The van der Waals surface area contributed by atoms with Gasteiger partial charge in [0, 0.05) is 18.2 Å². The Morgan fingerprint density at radius 1 is 0.889 bits per heavy atom. The lowest BCUT2D eigenvalue weighted by Gasteiger charge is -2.09. The van der Waals surface area contributed by atoms with E-state index < -0.39 is 21.4 Å². The molecule has 0 amide bonds.